The van der Waals surface area contributed by atoms with Gasteiger partial charge in [0.1, 0.15) is 0 Å². The highest BCUT2D eigenvalue weighted by Gasteiger charge is 2.14. The third-order valence-electron chi connectivity index (χ3n) is 1.36. The van der Waals surface area contributed by atoms with E-state index >= 15 is 0 Å². The first-order valence-electron chi connectivity index (χ1n) is 2.93. The van der Waals surface area contributed by atoms with Crippen LogP contribution in [0.4, 0.5) is 5.69 Å². The van der Waals surface area contributed by atoms with Gasteiger partial charge in [0.15, 0.2) is 11.5 Å². The zero-order chi connectivity index (χ0) is 6.97. The van der Waals surface area contributed by atoms with Crippen LogP contribution in [0.15, 0.2) is 12.1 Å². The molecule has 3 heteroatoms. The standard InChI is InChI=1S/C7H6NO2/c8-5-2-1-3-6-7(5)10-4-9-6/h1,3H,4,8H2. The summed E-state index contributed by atoms with van der Waals surface area (Å²) in [4.78, 5) is 0. The van der Waals surface area contributed by atoms with Crippen LogP contribution in [0.3, 0.4) is 0 Å². The number of ether oxygens (including phenoxy) is 2. The SMILES string of the molecule is Nc1[c]ccc2c1OCO2. The normalized spacial score (nSPS) is 13.6. The first kappa shape index (κ1) is 5.41. The predicted octanol–water partition coefficient (Wildman–Crippen LogP) is 0.798. The van der Waals surface area contributed by atoms with Gasteiger partial charge in [-0.2, -0.15) is 0 Å². The molecule has 0 saturated carbocycles. The summed E-state index contributed by atoms with van der Waals surface area (Å²) in [5.74, 6) is 1.32. The van der Waals surface area contributed by atoms with Crippen molar-refractivity contribution in [2.45, 2.75) is 0 Å². The second kappa shape index (κ2) is 1.80. The lowest BCUT2D eigenvalue weighted by Gasteiger charge is -1.96. The number of hydrogen-bond acceptors (Lipinski definition) is 3. The molecule has 1 radical (unpaired) electrons. The van der Waals surface area contributed by atoms with E-state index in [4.69, 9.17) is 15.2 Å². The van der Waals surface area contributed by atoms with Gasteiger partial charge in [0, 0.05) is 6.07 Å². The van der Waals surface area contributed by atoms with Gasteiger partial charge < -0.3 is 15.2 Å². The minimum absolute atomic E-state index is 0.261. The Morgan fingerprint density at radius 3 is 3.20 bits per heavy atom. The molecule has 0 fully saturated rings. The molecular formula is C7H6NO2. The van der Waals surface area contributed by atoms with E-state index in [2.05, 4.69) is 6.07 Å². The summed E-state index contributed by atoms with van der Waals surface area (Å²) in [5, 5.41) is 0. The molecule has 10 heavy (non-hydrogen) atoms. The fourth-order valence-electron chi connectivity index (χ4n) is 0.896. The molecule has 0 spiro atoms. The Labute approximate surface area is 58.4 Å². The quantitative estimate of drug-likeness (QED) is 0.536. The molecule has 1 heterocycles. The molecule has 0 aliphatic carbocycles. The number of benzene rings is 1. The van der Waals surface area contributed by atoms with Crippen LogP contribution < -0.4 is 15.2 Å². The van der Waals surface area contributed by atoms with Gasteiger partial charge in [-0.3, -0.25) is 0 Å². The topological polar surface area (TPSA) is 44.5 Å². The number of nitrogens with two attached hydrogens (primary N) is 1. The summed E-state index contributed by atoms with van der Waals surface area (Å²) in [5.41, 5.74) is 6.02. The molecule has 1 aromatic carbocycles. The molecule has 1 aromatic rings. The average Bonchev–Trinajstić information content (AvgIpc) is 2.36. The maximum absolute atomic E-state index is 5.51. The molecule has 0 bridgehead atoms. The lowest BCUT2D eigenvalue weighted by atomic mass is 10.3. The van der Waals surface area contributed by atoms with Crippen molar-refractivity contribution in [1.29, 1.82) is 0 Å². The van der Waals surface area contributed by atoms with Gasteiger partial charge in [0.05, 0.1) is 5.69 Å². The fourth-order valence-corrected chi connectivity index (χ4v) is 0.896. The Hall–Kier alpha value is -1.38. The smallest absolute Gasteiger partial charge is 0.231 e. The third-order valence-corrected chi connectivity index (χ3v) is 1.36. The molecule has 3 nitrogen and oxygen atoms in total. The Kier molecular flexibility index (Phi) is 0.974. The lowest BCUT2D eigenvalue weighted by Crippen LogP contribution is -1.94. The lowest BCUT2D eigenvalue weighted by molar-refractivity contribution is 0.174. The van der Waals surface area contributed by atoms with Gasteiger partial charge in [-0.05, 0) is 12.1 Å². The summed E-state index contributed by atoms with van der Waals surface area (Å²) >= 11 is 0. The molecule has 0 amide bonds. The van der Waals surface area contributed by atoms with Crippen molar-refractivity contribution in [2.24, 2.45) is 0 Å². The van der Waals surface area contributed by atoms with Gasteiger partial charge in [-0.1, -0.05) is 0 Å². The van der Waals surface area contributed by atoms with E-state index in [1.54, 1.807) is 12.1 Å². The van der Waals surface area contributed by atoms with Gasteiger partial charge in [0.25, 0.3) is 0 Å². The molecule has 2 rings (SSSR count). The van der Waals surface area contributed by atoms with Gasteiger partial charge in [0.2, 0.25) is 6.79 Å². The highest BCUT2D eigenvalue weighted by atomic mass is 16.7. The fraction of sp³-hybridized carbons (Fsp3) is 0.143. The minimum atomic E-state index is 0.261. The molecule has 2 N–H and O–H groups in total. The number of anilines is 1. The highest BCUT2D eigenvalue weighted by Crippen LogP contribution is 2.36. The summed E-state index contributed by atoms with van der Waals surface area (Å²) < 4.78 is 10.1. The van der Waals surface area contributed by atoms with Crippen molar-refractivity contribution in [2.75, 3.05) is 12.5 Å². The number of hydrogen-bond donors (Lipinski definition) is 1. The van der Waals surface area contributed by atoms with E-state index < -0.39 is 0 Å². The second-order valence-corrected chi connectivity index (χ2v) is 1.99. The van der Waals surface area contributed by atoms with Crippen molar-refractivity contribution < 1.29 is 9.47 Å². The Bertz CT molecular complexity index is 260. The zero-order valence-electron chi connectivity index (χ0n) is 5.26. The monoisotopic (exact) mass is 136 g/mol. The van der Waals surface area contributed by atoms with E-state index in [0.29, 0.717) is 17.2 Å². The van der Waals surface area contributed by atoms with Crippen LogP contribution in [0.2, 0.25) is 0 Å². The summed E-state index contributed by atoms with van der Waals surface area (Å²) in [6.45, 7) is 0.261. The van der Waals surface area contributed by atoms with E-state index in [9.17, 15) is 0 Å². The zero-order valence-corrected chi connectivity index (χ0v) is 5.26. The number of nitrogen functional groups attached to an aromatic ring is 1. The van der Waals surface area contributed by atoms with Crippen LogP contribution in [0.5, 0.6) is 11.5 Å². The van der Waals surface area contributed by atoms with Crippen molar-refractivity contribution in [3.05, 3.63) is 18.2 Å². The maximum Gasteiger partial charge on any atom is 0.231 e. The molecule has 0 atom stereocenters. The van der Waals surface area contributed by atoms with Crippen LogP contribution in [-0.2, 0) is 0 Å². The molecule has 0 aromatic heterocycles. The highest BCUT2D eigenvalue weighted by molar-refractivity contribution is 5.60. The van der Waals surface area contributed by atoms with Gasteiger partial charge >= 0.3 is 0 Å². The Balaban J connectivity index is 2.59. The number of fused-ring (bicyclic) bond motifs is 1. The van der Waals surface area contributed by atoms with E-state index in [0.717, 1.165) is 0 Å². The summed E-state index contributed by atoms with van der Waals surface area (Å²) in [7, 11) is 0. The van der Waals surface area contributed by atoms with Crippen molar-refractivity contribution in [3.63, 3.8) is 0 Å². The first-order valence-corrected chi connectivity index (χ1v) is 2.93. The Morgan fingerprint density at radius 2 is 2.40 bits per heavy atom. The molecular weight excluding hydrogens is 130 g/mol. The maximum atomic E-state index is 5.51. The van der Waals surface area contributed by atoms with Crippen LogP contribution in [0.25, 0.3) is 0 Å². The summed E-state index contributed by atoms with van der Waals surface area (Å²) in [6.07, 6.45) is 0. The minimum Gasteiger partial charge on any atom is -0.454 e. The molecule has 0 saturated heterocycles. The Morgan fingerprint density at radius 1 is 1.50 bits per heavy atom. The molecule has 1 aliphatic heterocycles. The van der Waals surface area contributed by atoms with Crippen LogP contribution >= 0.6 is 0 Å². The first-order chi connectivity index (χ1) is 4.88. The molecule has 1 aliphatic rings. The molecule has 51 valence electrons. The number of rotatable bonds is 0. The summed E-state index contributed by atoms with van der Waals surface area (Å²) in [6, 6.07) is 6.29. The third kappa shape index (κ3) is 0.603. The van der Waals surface area contributed by atoms with Crippen molar-refractivity contribution in [1.82, 2.24) is 0 Å². The van der Waals surface area contributed by atoms with E-state index in [-0.39, 0.29) is 6.79 Å². The average molecular weight is 136 g/mol. The predicted molar refractivity (Wildman–Crippen MR) is 35.8 cm³/mol. The van der Waals surface area contributed by atoms with Gasteiger partial charge in [-0.25, -0.2) is 0 Å². The largest absolute Gasteiger partial charge is 0.454 e. The van der Waals surface area contributed by atoms with Crippen LogP contribution in [0.1, 0.15) is 0 Å². The molecule has 0 unspecified atom stereocenters. The van der Waals surface area contributed by atoms with Crippen LogP contribution in [-0.4, -0.2) is 6.79 Å². The van der Waals surface area contributed by atoms with Crippen molar-refractivity contribution >= 4 is 5.69 Å². The van der Waals surface area contributed by atoms with Gasteiger partial charge in [-0.15, -0.1) is 0 Å². The van der Waals surface area contributed by atoms with E-state index in [1.165, 1.54) is 0 Å². The second-order valence-electron chi connectivity index (χ2n) is 1.99. The van der Waals surface area contributed by atoms with E-state index in [1.807, 2.05) is 0 Å². The van der Waals surface area contributed by atoms with Crippen molar-refractivity contribution in [3.8, 4) is 11.5 Å². The van der Waals surface area contributed by atoms with Crippen LogP contribution in [0, 0.1) is 6.07 Å².